The molecule has 158 valence electrons. The van der Waals surface area contributed by atoms with Gasteiger partial charge < -0.3 is 4.74 Å². The molecule has 8 nitrogen and oxygen atoms in total. The SMILES string of the molecule is C=Cc1cn(CC2CN(c3cc(F)c(C4=CCS(=O)(=O)CC4)c(F)c3)C(=O)O2)nn1. The van der Waals surface area contributed by atoms with Crippen LogP contribution in [0, 0.1) is 11.6 Å². The summed E-state index contributed by atoms with van der Waals surface area (Å²) in [6.45, 7) is 3.90. The largest absolute Gasteiger partial charge is 0.442 e. The maximum absolute atomic E-state index is 14.7. The van der Waals surface area contributed by atoms with Gasteiger partial charge in [-0.25, -0.2) is 26.7 Å². The summed E-state index contributed by atoms with van der Waals surface area (Å²) in [5.41, 5.74) is 0.631. The van der Waals surface area contributed by atoms with E-state index < -0.39 is 33.7 Å². The Morgan fingerprint density at radius 2 is 2.03 bits per heavy atom. The second kappa shape index (κ2) is 7.63. The Morgan fingerprint density at radius 3 is 2.63 bits per heavy atom. The van der Waals surface area contributed by atoms with Crippen molar-refractivity contribution in [2.24, 2.45) is 0 Å². The second-order valence-electron chi connectivity index (χ2n) is 7.06. The normalized spacial score (nSPS) is 20.7. The van der Waals surface area contributed by atoms with Crippen molar-refractivity contribution in [3.63, 3.8) is 0 Å². The van der Waals surface area contributed by atoms with E-state index in [2.05, 4.69) is 16.9 Å². The Hall–Kier alpha value is -3.08. The number of carbonyl (C=O) groups is 1. The average Bonchev–Trinajstić information content (AvgIpc) is 3.28. The zero-order chi connectivity index (χ0) is 21.5. The van der Waals surface area contributed by atoms with Crippen LogP contribution in [-0.2, 0) is 21.1 Å². The molecule has 1 unspecified atom stereocenters. The highest BCUT2D eigenvalue weighted by atomic mass is 32.2. The summed E-state index contributed by atoms with van der Waals surface area (Å²) in [4.78, 5) is 13.4. The van der Waals surface area contributed by atoms with Crippen molar-refractivity contribution in [3.8, 4) is 0 Å². The van der Waals surface area contributed by atoms with Gasteiger partial charge in [0.25, 0.3) is 0 Å². The molecule has 2 aliphatic rings. The van der Waals surface area contributed by atoms with Crippen LogP contribution in [0.1, 0.15) is 17.7 Å². The average molecular weight is 436 g/mol. The summed E-state index contributed by atoms with van der Waals surface area (Å²) in [6.07, 6.45) is 3.23. The van der Waals surface area contributed by atoms with E-state index in [0.29, 0.717) is 11.3 Å². The van der Waals surface area contributed by atoms with Crippen LogP contribution in [0.4, 0.5) is 19.3 Å². The highest BCUT2D eigenvalue weighted by Crippen LogP contribution is 2.32. The van der Waals surface area contributed by atoms with Crippen molar-refractivity contribution in [1.29, 1.82) is 0 Å². The molecule has 2 aromatic rings. The van der Waals surface area contributed by atoms with Crippen molar-refractivity contribution < 1.29 is 26.7 Å². The monoisotopic (exact) mass is 436 g/mol. The molecular weight excluding hydrogens is 418 g/mol. The van der Waals surface area contributed by atoms with Gasteiger partial charge in [0.15, 0.2) is 9.84 Å². The molecule has 4 rings (SSSR count). The van der Waals surface area contributed by atoms with E-state index >= 15 is 0 Å². The van der Waals surface area contributed by atoms with Crippen LogP contribution < -0.4 is 4.90 Å². The van der Waals surface area contributed by atoms with Crippen molar-refractivity contribution in [2.45, 2.75) is 19.1 Å². The molecule has 1 amide bonds. The summed E-state index contributed by atoms with van der Waals surface area (Å²) in [5.74, 6) is -2.13. The van der Waals surface area contributed by atoms with Gasteiger partial charge in [0, 0.05) is 5.56 Å². The molecule has 0 spiro atoms. The Balaban J connectivity index is 1.53. The van der Waals surface area contributed by atoms with Crippen LogP contribution in [0.3, 0.4) is 0 Å². The molecule has 1 aromatic heterocycles. The number of allylic oxidation sites excluding steroid dienone is 1. The lowest BCUT2D eigenvalue weighted by molar-refractivity contribution is 0.129. The van der Waals surface area contributed by atoms with E-state index in [1.807, 2.05) is 0 Å². The lowest BCUT2D eigenvalue weighted by atomic mass is 10.0. The third-order valence-corrected chi connectivity index (χ3v) is 6.46. The third kappa shape index (κ3) is 3.97. The number of amides is 1. The van der Waals surface area contributed by atoms with Crippen molar-refractivity contribution in [1.82, 2.24) is 15.0 Å². The summed E-state index contributed by atoms with van der Waals surface area (Å²) in [6, 6.07) is 2.11. The maximum Gasteiger partial charge on any atom is 0.414 e. The Bertz CT molecular complexity index is 1140. The molecule has 1 fully saturated rings. The van der Waals surface area contributed by atoms with Crippen molar-refractivity contribution >= 4 is 33.3 Å². The maximum atomic E-state index is 14.7. The first-order valence-electron chi connectivity index (χ1n) is 9.15. The molecular formula is C19H18F2N4O4S. The van der Waals surface area contributed by atoms with Gasteiger partial charge in [-0.1, -0.05) is 17.9 Å². The minimum atomic E-state index is -3.22. The smallest absolute Gasteiger partial charge is 0.414 e. The Labute approximate surface area is 171 Å². The standard InChI is InChI=1S/C19H18F2N4O4S/c1-2-13-9-24(23-22-13)10-15-11-25(19(26)29-15)14-7-16(20)18(17(21)8-14)12-3-5-30(27,28)6-4-12/h2-3,7-9,15H,1,4-6,10-11H2. The van der Waals surface area contributed by atoms with Gasteiger partial charge in [0.05, 0.1) is 36.5 Å². The van der Waals surface area contributed by atoms with Gasteiger partial charge in [-0.3, -0.25) is 4.90 Å². The molecule has 0 N–H and O–H groups in total. The van der Waals surface area contributed by atoms with Gasteiger partial charge in [-0.2, -0.15) is 0 Å². The van der Waals surface area contributed by atoms with Crippen LogP contribution in [0.2, 0.25) is 0 Å². The van der Waals surface area contributed by atoms with Crippen LogP contribution in [0.15, 0.2) is 31.0 Å². The lowest BCUT2D eigenvalue weighted by Crippen LogP contribution is -2.26. The first-order chi connectivity index (χ1) is 14.3. The number of benzene rings is 1. The van der Waals surface area contributed by atoms with Gasteiger partial charge in [0.1, 0.15) is 23.4 Å². The fourth-order valence-corrected chi connectivity index (χ4v) is 4.61. The quantitative estimate of drug-likeness (QED) is 0.715. The second-order valence-corrected chi connectivity index (χ2v) is 9.29. The number of hydrogen-bond acceptors (Lipinski definition) is 6. The number of rotatable bonds is 5. The first-order valence-corrected chi connectivity index (χ1v) is 11.0. The number of nitrogens with zero attached hydrogens (tertiary/aromatic N) is 4. The predicted molar refractivity (Wildman–Crippen MR) is 105 cm³/mol. The van der Waals surface area contributed by atoms with E-state index in [1.54, 1.807) is 6.20 Å². The van der Waals surface area contributed by atoms with Crippen LogP contribution >= 0.6 is 0 Å². The molecule has 1 atom stereocenters. The number of carbonyl (C=O) groups excluding carboxylic acids is 1. The van der Waals surface area contributed by atoms with E-state index in [1.165, 1.54) is 16.8 Å². The lowest BCUT2D eigenvalue weighted by Gasteiger charge is -2.18. The topological polar surface area (TPSA) is 94.4 Å². The molecule has 11 heteroatoms. The molecule has 2 aliphatic heterocycles. The summed E-state index contributed by atoms with van der Waals surface area (Å²) in [5, 5.41) is 7.75. The van der Waals surface area contributed by atoms with E-state index in [9.17, 15) is 22.0 Å². The zero-order valence-corrected chi connectivity index (χ0v) is 16.6. The van der Waals surface area contributed by atoms with Gasteiger partial charge in [0.2, 0.25) is 0 Å². The number of aromatic nitrogens is 3. The molecule has 0 radical (unpaired) electrons. The van der Waals surface area contributed by atoms with Gasteiger partial charge in [-0.15, -0.1) is 5.10 Å². The van der Waals surface area contributed by atoms with Crippen LogP contribution in [0.25, 0.3) is 11.6 Å². The predicted octanol–water partition coefficient (Wildman–Crippen LogP) is 2.43. The summed E-state index contributed by atoms with van der Waals surface area (Å²) >= 11 is 0. The van der Waals surface area contributed by atoms with E-state index in [4.69, 9.17) is 4.74 Å². The molecule has 1 aromatic carbocycles. The Morgan fingerprint density at radius 1 is 1.30 bits per heavy atom. The highest BCUT2D eigenvalue weighted by Gasteiger charge is 2.34. The number of hydrogen-bond donors (Lipinski definition) is 0. The summed E-state index contributed by atoms with van der Waals surface area (Å²) in [7, 11) is -3.22. The molecule has 0 bridgehead atoms. The zero-order valence-electron chi connectivity index (χ0n) is 15.8. The molecule has 3 heterocycles. The van der Waals surface area contributed by atoms with E-state index in [0.717, 1.165) is 17.0 Å². The molecule has 0 saturated carbocycles. The fraction of sp³-hybridized carbons (Fsp3) is 0.316. The minimum absolute atomic E-state index is 0.0238. The molecule has 30 heavy (non-hydrogen) atoms. The number of sulfone groups is 1. The number of cyclic esters (lactones) is 1. The van der Waals surface area contributed by atoms with Gasteiger partial charge in [-0.05, 0) is 30.2 Å². The molecule has 1 saturated heterocycles. The fourth-order valence-electron chi connectivity index (χ4n) is 3.46. The van der Waals surface area contributed by atoms with Gasteiger partial charge >= 0.3 is 6.09 Å². The Kier molecular flexibility index (Phi) is 5.14. The summed E-state index contributed by atoms with van der Waals surface area (Å²) < 4.78 is 59.3. The van der Waals surface area contributed by atoms with Crippen molar-refractivity contribution in [3.05, 3.63) is 53.9 Å². The minimum Gasteiger partial charge on any atom is -0.442 e. The van der Waals surface area contributed by atoms with Crippen LogP contribution in [-0.4, -0.2) is 53.7 Å². The number of anilines is 1. The first kappa shape index (κ1) is 20.2. The van der Waals surface area contributed by atoms with Crippen LogP contribution in [0.5, 0.6) is 0 Å². The number of halogens is 2. The van der Waals surface area contributed by atoms with Crippen molar-refractivity contribution in [2.75, 3.05) is 23.0 Å². The van der Waals surface area contributed by atoms with E-state index in [-0.39, 0.29) is 42.3 Å². The molecule has 0 aliphatic carbocycles. The third-order valence-electron chi connectivity index (χ3n) is 4.96. The number of ether oxygens (including phenoxy) is 1. The highest BCUT2D eigenvalue weighted by molar-refractivity contribution is 7.91.